The number of anilines is 1. The molecule has 1 aromatic carbocycles. The summed E-state index contributed by atoms with van der Waals surface area (Å²) in [6.07, 6.45) is 1.95. The van der Waals surface area contributed by atoms with E-state index in [0.717, 1.165) is 0 Å². The first-order valence-electron chi connectivity index (χ1n) is 7.00. The fraction of sp³-hybridized carbons (Fsp3) is 0.176. The van der Waals surface area contributed by atoms with E-state index in [0.29, 0.717) is 11.3 Å². The number of nitrogens with zero attached hydrogens (tertiary/aromatic N) is 1. The number of ketones is 1. The molecular formula is C17H16N2O4. The molecule has 0 saturated carbocycles. The minimum Gasteiger partial charge on any atom is -0.449 e. The normalized spacial score (nSPS) is 11.4. The Balaban J connectivity index is 1.94. The number of esters is 1. The smallest absolute Gasteiger partial charge is 0.340 e. The summed E-state index contributed by atoms with van der Waals surface area (Å²) in [6, 6.07) is 9.63. The fourth-order valence-corrected chi connectivity index (χ4v) is 1.80. The maximum atomic E-state index is 12.0. The Hall–Kier alpha value is -3.02. The topological polar surface area (TPSA) is 85.4 Å². The van der Waals surface area contributed by atoms with Gasteiger partial charge in [-0.05, 0) is 50.2 Å². The predicted octanol–water partition coefficient (Wildman–Crippen LogP) is 2.47. The SMILES string of the molecule is CC(=O)c1ccc(NC(=O)C(C)OC(=O)c2cccnc2)cc1. The summed E-state index contributed by atoms with van der Waals surface area (Å²) in [5.74, 6) is -1.13. The third-order valence-corrected chi connectivity index (χ3v) is 3.11. The standard InChI is InChI=1S/C17H16N2O4/c1-11(20)13-5-7-15(8-6-13)19-16(21)12(2)23-17(22)14-4-3-9-18-10-14/h3-10,12H,1-2H3,(H,19,21). The first-order chi connectivity index (χ1) is 11.0. The van der Waals surface area contributed by atoms with Crippen LogP contribution in [0, 0.1) is 0 Å². The zero-order chi connectivity index (χ0) is 16.8. The number of hydrogen-bond donors (Lipinski definition) is 1. The number of carbonyl (C=O) groups excluding carboxylic acids is 3. The molecule has 23 heavy (non-hydrogen) atoms. The molecule has 0 fully saturated rings. The molecule has 1 heterocycles. The lowest BCUT2D eigenvalue weighted by atomic mass is 10.1. The van der Waals surface area contributed by atoms with Crippen LogP contribution in [0.2, 0.25) is 0 Å². The van der Waals surface area contributed by atoms with Gasteiger partial charge in [0.2, 0.25) is 0 Å². The van der Waals surface area contributed by atoms with Crippen molar-refractivity contribution in [3.05, 3.63) is 59.9 Å². The van der Waals surface area contributed by atoms with Crippen molar-refractivity contribution >= 4 is 23.3 Å². The number of pyridine rings is 1. The van der Waals surface area contributed by atoms with Gasteiger partial charge in [0.1, 0.15) is 0 Å². The van der Waals surface area contributed by atoms with Crippen LogP contribution in [-0.4, -0.2) is 28.7 Å². The third-order valence-electron chi connectivity index (χ3n) is 3.11. The van der Waals surface area contributed by atoms with E-state index < -0.39 is 18.0 Å². The van der Waals surface area contributed by atoms with Gasteiger partial charge >= 0.3 is 5.97 Å². The molecule has 1 N–H and O–H groups in total. The van der Waals surface area contributed by atoms with E-state index >= 15 is 0 Å². The second kappa shape index (κ2) is 7.31. The van der Waals surface area contributed by atoms with Crippen molar-refractivity contribution in [3.63, 3.8) is 0 Å². The monoisotopic (exact) mass is 312 g/mol. The molecule has 0 radical (unpaired) electrons. The van der Waals surface area contributed by atoms with Gasteiger partial charge in [-0.3, -0.25) is 14.6 Å². The van der Waals surface area contributed by atoms with Crippen molar-refractivity contribution < 1.29 is 19.1 Å². The number of hydrogen-bond acceptors (Lipinski definition) is 5. The highest BCUT2D eigenvalue weighted by molar-refractivity contribution is 5.98. The van der Waals surface area contributed by atoms with E-state index in [1.165, 1.54) is 26.2 Å². The molecule has 0 saturated heterocycles. The first-order valence-corrected chi connectivity index (χ1v) is 7.00. The van der Waals surface area contributed by atoms with Crippen LogP contribution in [-0.2, 0) is 9.53 Å². The summed E-state index contributed by atoms with van der Waals surface area (Å²) < 4.78 is 5.09. The zero-order valence-corrected chi connectivity index (χ0v) is 12.8. The number of carbonyl (C=O) groups is 3. The molecule has 6 nitrogen and oxygen atoms in total. The number of Topliss-reactive ketones (excluding diaryl/α,β-unsaturated/α-hetero) is 1. The lowest BCUT2D eigenvalue weighted by molar-refractivity contribution is -0.123. The van der Waals surface area contributed by atoms with Crippen molar-refractivity contribution in [1.29, 1.82) is 0 Å². The van der Waals surface area contributed by atoms with Crippen molar-refractivity contribution in [2.75, 3.05) is 5.32 Å². The second-order valence-corrected chi connectivity index (χ2v) is 4.91. The molecular weight excluding hydrogens is 296 g/mol. The highest BCUT2D eigenvalue weighted by atomic mass is 16.5. The number of aromatic nitrogens is 1. The predicted molar refractivity (Wildman–Crippen MR) is 84.2 cm³/mol. The molecule has 0 spiro atoms. The molecule has 0 bridgehead atoms. The van der Waals surface area contributed by atoms with E-state index in [2.05, 4.69) is 10.3 Å². The van der Waals surface area contributed by atoms with Gasteiger partial charge < -0.3 is 10.1 Å². The van der Waals surface area contributed by atoms with Crippen molar-refractivity contribution in [2.24, 2.45) is 0 Å². The van der Waals surface area contributed by atoms with Gasteiger partial charge in [-0.1, -0.05) is 0 Å². The van der Waals surface area contributed by atoms with Crippen LogP contribution < -0.4 is 5.32 Å². The molecule has 1 amide bonds. The Morgan fingerprint density at radius 1 is 1.09 bits per heavy atom. The molecule has 118 valence electrons. The summed E-state index contributed by atoms with van der Waals surface area (Å²) in [5, 5.41) is 2.62. The van der Waals surface area contributed by atoms with E-state index in [9.17, 15) is 14.4 Å². The molecule has 2 aromatic rings. The number of nitrogens with one attached hydrogen (secondary N) is 1. The molecule has 0 aliphatic heterocycles. The lowest BCUT2D eigenvalue weighted by Gasteiger charge is -2.13. The van der Waals surface area contributed by atoms with Gasteiger partial charge in [-0.2, -0.15) is 0 Å². The van der Waals surface area contributed by atoms with Crippen LogP contribution in [0.3, 0.4) is 0 Å². The van der Waals surface area contributed by atoms with Crippen LogP contribution in [0.4, 0.5) is 5.69 Å². The Kier molecular flexibility index (Phi) is 5.19. The van der Waals surface area contributed by atoms with Crippen molar-refractivity contribution in [3.8, 4) is 0 Å². The molecule has 1 unspecified atom stereocenters. The summed E-state index contributed by atoms with van der Waals surface area (Å²) in [5.41, 5.74) is 1.35. The summed E-state index contributed by atoms with van der Waals surface area (Å²) in [6.45, 7) is 2.95. The molecule has 2 rings (SSSR count). The van der Waals surface area contributed by atoms with Gasteiger partial charge in [0.05, 0.1) is 5.56 Å². The zero-order valence-electron chi connectivity index (χ0n) is 12.8. The van der Waals surface area contributed by atoms with Crippen LogP contribution in [0.1, 0.15) is 34.6 Å². The minimum absolute atomic E-state index is 0.0540. The molecule has 0 aliphatic carbocycles. The van der Waals surface area contributed by atoms with Crippen LogP contribution >= 0.6 is 0 Å². The van der Waals surface area contributed by atoms with Gasteiger partial charge in [-0.15, -0.1) is 0 Å². The minimum atomic E-state index is -0.963. The van der Waals surface area contributed by atoms with Crippen molar-refractivity contribution in [1.82, 2.24) is 4.98 Å². The van der Waals surface area contributed by atoms with Crippen molar-refractivity contribution in [2.45, 2.75) is 20.0 Å². The van der Waals surface area contributed by atoms with E-state index in [-0.39, 0.29) is 11.3 Å². The molecule has 1 atom stereocenters. The number of ether oxygens (including phenoxy) is 1. The van der Waals surface area contributed by atoms with E-state index in [1.807, 2.05) is 0 Å². The average Bonchev–Trinajstić information content (AvgIpc) is 2.56. The van der Waals surface area contributed by atoms with E-state index in [4.69, 9.17) is 4.74 Å². The Morgan fingerprint density at radius 2 is 1.78 bits per heavy atom. The summed E-state index contributed by atoms with van der Waals surface area (Å²) in [4.78, 5) is 38.9. The Bertz CT molecular complexity index is 711. The molecule has 0 aliphatic rings. The number of amides is 1. The van der Waals surface area contributed by atoms with Gasteiger partial charge in [0, 0.05) is 23.6 Å². The maximum absolute atomic E-state index is 12.0. The summed E-state index contributed by atoms with van der Waals surface area (Å²) >= 11 is 0. The Morgan fingerprint density at radius 3 is 2.35 bits per heavy atom. The molecule has 6 heteroatoms. The van der Waals surface area contributed by atoms with Crippen LogP contribution in [0.25, 0.3) is 0 Å². The van der Waals surface area contributed by atoms with Crippen LogP contribution in [0.15, 0.2) is 48.8 Å². The second-order valence-electron chi connectivity index (χ2n) is 4.91. The lowest BCUT2D eigenvalue weighted by Crippen LogP contribution is -2.30. The Labute approximate surface area is 133 Å². The van der Waals surface area contributed by atoms with Crippen LogP contribution in [0.5, 0.6) is 0 Å². The van der Waals surface area contributed by atoms with Gasteiger partial charge in [0.25, 0.3) is 5.91 Å². The first kappa shape index (κ1) is 16.4. The molecule has 1 aromatic heterocycles. The number of benzene rings is 1. The van der Waals surface area contributed by atoms with Gasteiger partial charge in [-0.25, -0.2) is 4.79 Å². The third kappa shape index (κ3) is 4.47. The maximum Gasteiger partial charge on any atom is 0.340 e. The highest BCUT2D eigenvalue weighted by Crippen LogP contribution is 2.11. The fourth-order valence-electron chi connectivity index (χ4n) is 1.80. The van der Waals surface area contributed by atoms with E-state index in [1.54, 1.807) is 36.4 Å². The quantitative estimate of drug-likeness (QED) is 0.677. The average molecular weight is 312 g/mol. The number of rotatable bonds is 5. The van der Waals surface area contributed by atoms with Gasteiger partial charge in [0.15, 0.2) is 11.9 Å². The largest absolute Gasteiger partial charge is 0.449 e. The summed E-state index contributed by atoms with van der Waals surface area (Å²) in [7, 11) is 0. The highest BCUT2D eigenvalue weighted by Gasteiger charge is 2.19.